The molecular formula is C17H25IN4O2. The Bertz CT molecular complexity index is 604. The molecule has 3 rings (SSSR count). The number of phenols is 1. The van der Waals surface area contributed by atoms with E-state index in [1.165, 1.54) is 0 Å². The second-order valence-electron chi connectivity index (χ2n) is 6.09. The average molecular weight is 444 g/mol. The van der Waals surface area contributed by atoms with E-state index in [9.17, 15) is 9.90 Å². The van der Waals surface area contributed by atoms with Gasteiger partial charge in [-0.05, 0) is 30.9 Å². The van der Waals surface area contributed by atoms with Crippen molar-refractivity contribution in [2.45, 2.75) is 25.3 Å². The van der Waals surface area contributed by atoms with Crippen LogP contribution in [0, 0.1) is 0 Å². The third kappa shape index (κ3) is 4.52. The molecule has 0 atom stereocenters. The molecule has 1 aliphatic carbocycles. The molecular weight excluding hydrogens is 419 g/mol. The number of halogens is 1. The Labute approximate surface area is 159 Å². The van der Waals surface area contributed by atoms with Crippen molar-refractivity contribution in [1.29, 1.82) is 0 Å². The molecule has 2 fully saturated rings. The van der Waals surface area contributed by atoms with E-state index in [2.05, 4.69) is 10.3 Å². The summed E-state index contributed by atoms with van der Waals surface area (Å²) in [5, 5.41) is 13.1. The molecule has 0 unspecified atom stereocenters. The van der Waals surface area contributed by atoms with E-state index in [4.69, 9.17) is 0 Å². The van der Waals surface area contributed by atoms with Gasteiger partial charge < -0.3 is 20.2 Å². The average Bonchev–Trinajstić information content (AvgIpc) is 3.38. The number of phenolic OH excluding ortho intramolecular Hbond substituents is 1. The van der Waals surface area contributed by atoms with Crippen molar-refractivity contribution in [3.05, 3.63) is 29.8 Å². The van der Waals surface area contributed by atoms with Gasteiger partial charge in [0.05, 0.1) is 6.54 Å². The first-order valence-electron chi connectivity index (χ1n) is 8.21. The molecule has 1 aromatic carbocycles. The van der Waals surface area contributed by atoms with Crippen LogP contribution in [0.3, 0.4) is 0 Å². The van der Waals surface area contributed by atoms with Gasteiger partial charge in [0.1, 0.15) is 5.75 Å². The molecule has 24 heavy (non-hydrogen) atoms. The van der Waals surface area contributed by atoms with Gasteiger partial charge in [-0.15, -0.1) is 24.0 Å². The maximum absolute atomic E-state index is 12.2. The molecule has 0 bridgehead atoms. The number of hydrogen-bond donors (Lipinski definition) is 2. The fourth-order valence-corrected chi connectivity index (χ4v) is 3.00. The van der Waals surface area contributed by atoms with Crippen molar-refractivity contribution in [2.75, 3.05) is 33.2 Å². The molecule has 2 aliphatic rings. The van der Waals surface area contributed by atoms with E-state index in [-0.39, 0.29) is 29.9 Å². The summed E-state index contributed by atoms with van der Waals surface area (Å²) in [6, 6.07) is 7.83. The molecule has 1 saturated heterocycles. The number of benzene rings is 1. The summed E-state index contributed by atoms with van der Waals surface area (Å²) in [4.78, 5) is 20.5. The van der Waals surface area contributed by atoms with Crippen LogP contribution in [0.15, 0.2) is 29.3 Å². The highest BCUT2D eigenvalue weighted by atomic mass is 127. The predicted molar refractivity (Wildman–Crippen MR) is 105 cm³/mol. The molecule has 1 saturated carbocycles. The van der Waals surface area contributed by atoms with Gasteiger partial charge in [-0.25, -0.2) is 0 Å². The van der Waals surface area contributed by atoms with Crippen molar-refractivity contribution in [2.24, 2.45) is 4.99 Å². The van der Waals surface area contributed by atoms with Gasteiger partial charge in [0.15, 0.2) is 5.96 Å². The molecule has 6 nitrogen and oxygen atoms in total. The molecule has 1 aromatic rings. The fourth-order valence-electron chi connectivity index (χ4n) is 3.00. The van der Waals surface area contributed by atoms with Gasteiger partial charge in [0.25, 0.3) is 0 Å². The van der Waals surface area contributed by atoms with Gasteiger partial charge in [0.2, 0.25) is 5.91 Å². The van der Waals surface area contributed by atoms with E-state index in [0.717, 1.165) is 37.5 Å². The van der Waals surface area contributed by atoms with Crippen molar-refractivity contribution in [3.63, 3.8) is 0 Å². The van der Waals surface area contributed by atoms with Crippen molar-refractivity contribution in [3.8, 4) is 5.75 Å². The lowest BCUT2D eigenvalue weighted by Crippen LogP contribution is -2.55. The molecule has 2 N–H and O–H groups in total. The van der Waals surface area contributed by atoms with Gasteiger partial charge in [0, 0.05) is 32.7 Å². The zero-order chi connectivity index (χ0) is 16.2. The maximum Gasteiger partial charge on any atom is 0.242 e. The molecule has 132 valence electrons. The van der Waals surface area contributed by atoms with E-state index >= 15 is 0 Å². The predicted octanol–water partition coefficient (Wildman–Crippen LogP) is 1.43. The minimum Gasteiger partial charge on any atom is -0.508 e. The number of aliphatic imine (C=N–C) groups is 1. The number of carbonyl (C=O) groups excluding carboxylic acids is 1. The molecule has 0 spiro atoms. The van der Waals surface area contributed by atoms with Crippen LogP contribution in [0.4, 0.5) is 0 Å². The van der Waals surface area contributed by atoms with Crippen LogP contribution >= 0.6 is 24.0 Å². The highest BCUT2D eigenvalue weighted by molar-refractivity contribution is 14.0. The topological polar surface area (TPSA) is 68.2 Å². The Morgan fingerprint density at radius 3 is 2.71 bits per heavy atom. The van der Waals surface area contributed by atoms with Crippen LogP contribution in [0.25, 0.3) is 0 Å². The number of rotatable bonds is 4. The molecule has 7 heteroatoms. The number of guanidine groups is 1. The van der Waals surface area contributed by atoms with Crippen LogP contribution in [0.2, 0.25) is 0 Å². The van der Waals surface area contributed by atoms with Gasteiger partial charge >= 0.3 is 0 Å². The first-order valence-corrected chi connectivity index (χ1v) is 8.21. The number of nitrogens with one attached hydrogen (secondary N) is 1. The third-order valence-corrected chi connectivity index (χ3v) is 4.43. The van der Waals surface area contributed by atoms with Gasteiger partial charge in [-0.2, -0.15) is 0 Å². The lowest BCUT2D eigenvalue weighted by molar-refractivity contribution is -0.135. The second-order valence-corrected chi connectivity index (χ2v) is 6.09. The number of piperazine rings is 1. The zero-order valence-electron chi connectivity index (χ0n) is 13.9. The molecule has 0 aromatic heterocycles. The van der Waals surface area contributed by atoms with E-state index in [0.29, 0.717) is 31.3 Å². The van der Waals surface area contributed by atoms with Crippen LogP contribution in [-0.4, -0.2) is 66.0 Å². The van der Waals surface area contributed by atoms with Crippen molar-refractivity contribution >= 4 is 35.8 Å². The summed E-state index contributed by atoms with van der Waals surface area (Å²) < 4.78 is 0. The van der Waals surface area contributed by atoms with Crippen LogP contribution in [0.5, 0.6) is 5.75 Å². The Hall–Kier alpha value is -1.51. The quantitative estimate of drug-likeness (QED) is 0.419. The molecule has 0 radical (unpaired) electrons. The number of para-hydroxylation sites is 1. The van der Waals surface area contributed by atoms with E-state index < -0.39 is 0 Å². The number of amides is 1. The molecule has 1 amide bonds. The normalized spacial score (nSPS) is 18.4. The van der Waals surface area contributed by atoms with E-state index in [1.54, 1.807) is 13.1 Å². The zero-order valence-corrected chi connectivity index (χ0v) is 16.3. The summed E-state index contributed by atoms with van der Waals surface area (Å²) in [6.07, 6.45) is 3.01. The smallest absolute Gasteiger partial charge is 0.242 e. The first kappa shape index (κ1) is 18.8. The van der Waals surface area contributed by atoms with Gasteiger partial charge in [-0.3, -0.25) is 9.79 Å². The molecule has 1 aliphatic heterocycles. The number of carbonyl (C=O) groups is 1. The first-order chi connectivity index (χ1) is 11.2. The summed E-state index contributed by atoms with van der Waals surface area (Å²) in [5.41, 5.74) is 0.907. The summed E-state index contributed by atoms with van der Waals surface area (Å²) in [5.74, 6) is 1.27. The standard InChI is InChI=1S/C17H24N4O2.HI/c1-18-17(19-9-8-13-4-2-3-5-15(13)22)20-10-11-21(14-6-7-14)16(23)12-20;/h2-5,14,22H,6-12H2,1H3,(H,18,19);1H. The lowest BCUT2D eigenvalue weighted by atomic mass is 10.1. The fraction of sp³-hybridized carbons (Fsp3) is 0.529. The highest BCUT2D eigenvalue weighted by Gasteiger charge is 2.36. The van der Waals surface area contributed by atoms with Crippen LogP contribution in [0.1, 0.15) is 18.4 Å². The Kier molecular flexibility index (Phi) is 6.70. The lowest BCUT2D eigenvalue weighted by Gasteiger charge is -2.36. The Balaban J connectivity index is 0.00000208. The van der Waals surface area contributed by atoms with Crippen LogP contribution < -0.4 is 5.32 Å². The Morgan fingerprint density at radius 1 is 1.33 bits per heavy atom. The Morgan fingerprint density at radius 2 is 2.08 bits per heavy atom. The number of aromatic hydroxyl groups is 1. The second kappa shape index (κ2) is 8.55. The summed E-state index contributed by atoms with van der Waals surface area (Å²) >= 11 is 0. The monoisotopic (exact) mass is 444 g/mol. The number of nitrogens with zero attached hydrogens (tertiary/aromatic N) is 3. The summed E-state index contributed by atoms with van der Waals surface area (Å²) in [7, 11) is 1.74. The maximum atomic E-state index is 12.2. The molecule has 1 heterocycles. The highest BCUT2D eigenvalue weighted by Crippen LogP contribution is 2.28. The van der Waals surface area contributed by atoms with Crippen LogP contribution in [-0.2, 0) is 11.2 Å². The largest absolute Gasteiger partial charge is 0.508 e. The van der Waals surface area contributed by atoms with E-state index in [1.807, 2.05) is 28.0 Å². The number of hydrogen-bond acceptors (Lipinski definition) is 3. The minimum absolute atomic E-state index is 0. The minimum atomic E-state index is 0. The summed E-state index contributed by atoms with van der Waals surface area (Å²) in [6.45, 7) is 2.66. The van der Waals surface area contributed by atoms with Crippen molar-refractivity contribution in [1.82, 2.24) is 15.1 Å². The third-order valence-electron chi connectivity index (χ3n) is 4.43. The SMILES string of the molecule is CN=C(NCCc1ccccc1O)N1CCN(C2CC2)C(=O)C1.I. The van der Waals surface area contributed by atoms with Crippen molar-refractivity contribution < 1.29 is 9.90 Å². The van der Waals surface area contributed by atoms with Gasteiger partial charge in [-0.1, -0.05) is 18.2 Å².